The number of benzene rings is 1. The Hall–Kier alpha value is -2.60. The molecule has 2 heterocycles. The number of rotatable bonds is 5. The van der Waals surface area contributed by atoms with Crippen molar-refractivity contribution in [3.63, 3.8) is 0 Å². The molecule has 0 aliphatic rings. The highest BCUT2D eigenvalue weighted by Crippen LogP contribution is 2.26. The Bertz CT molecular complexity index is 906. The molecular weight excluding hydrogens is 346 g/mol. The smallest absolute Gasteiger partial charge is 0.256 e. The topological polar surface area (TPSA) is 68.0 Å². The minimum absolute atomic E-state index is 0.109. The number of aromatic nitrogens is 2. The fourth-order valence-electron chi connectivity index (χ4n) is 2.68. The number of aryl methyl sites for hydroxylation is 2. The summed E-state index contributed by atoms with van der Waals surface area (Å²) in [5.41, 5.74) is 3.38. The maximum atomic E-state index is 12.9. The maximum absolute atomic E-state index is 12.9. The SMILES string of the molecule is CSc1nc(-c2ccco2)nc(C)c1C(=O)NC(C)c1ccc(C)cc1. The second-order valence-electron chi connectivity index (χ2n) is 6.10. The van der Waals surface area contributed by atoms with Crippen LogP contribution in [0.2, 0.25) is 0 Å². The lowest BCUT2D eigenvalue weighted by atomic mass is 10.1. The molecular formula is C20H21N3O2S. The van der Waals surface area contributed by atoms with Gasteiger partial charge in [-0.05, 0) is 44.7 Å². The minimum Gasteiger partial charge on any atom is -0.461 e. The van der Waals surface area contributed by atoms with Gasteiger partial charge in [0.2, 0.25) is 0 Å². The Morgan fingerprint density at radius 2 is 1.88 bits per heavy atom. The molecule has 1 atom stereocenters. The maximum Gasteiger partial charge on any atom is 0.256 e. The zero-order chi connectivity index (χ0) is 18.7. The van der Waals surface area contributed by atoms with E-state index >= 15 is 0 Å². The van der Waals surface area contributed by atoms with Crippen LogP contribution < -0.4 is 5.32 Å². The van der Waals surface area contributed by atoms with Gasteiger partial charge in [0, 0.05) is 0 Å². The van der Waals surface area contributed by atoms with Gasteiger partial charge in [0.05, 0.1) is 23.6 Å². The van der Waals surface area contributed by atoms with Gasteiger partial charge in [0.15, 0.2) is 11.6 Å². The Morgan fingerprint density at radius 1 is 1.15 bits per heavy atom. The van der Waals surface area contributed by atoms with Crippen LogP contribution in [0.15, 0.2) is 52.1 Å². The van der Waals surface area contributed by atoms with Gasteiger partial charge in [0.25, 0.3) is 5.91 Å². The summed E-state index contributed by atoms with van der Waals surface area (Å²) in [6.45, 7) is 5.83. The summed E-state index contributed by atoms with van der Waals surface area (Å²) in [4.78, 5) is 21.8. The van der Waals surface area contributed by atoms with E-state index in [2.05, 4.69) is 15.3 Å². The molecule has 1 amide bonds. The Labute approximate surface area is 157 Å². The second kappa shape index (κ2) is 7.74. The van der Waals surface area contributed by atoms with Gasteiger partial charge in [-0.15, -0.1) is 11.8 Å². The van der Waals surface area contributed by atoms with Crippen molar-refractivity contribution < 1.29 is 9.21 Å². The standard InChI is InChI=1S/C20H21N3O2S/c1-12-7-9-15(10-8-12)13(2)22-19(24)17-14(3)21-18(23-20(17)26-4)16-6-5-11-25-16/h5-11,13H,1-4H3,(H,22,24). The van der Waals surface area contributed by atoms with Gasteiger partial charge < -0.3 is 9.73 Å². The lowest BCUT2D eigenvalue weighted by Crippen LogP contribution is -2.28. The van der Waals surface area contributed by atoms with E-state index in [-0.39, 0.29) is 11.9 Å². The highest BCUT2D eigenvalue weighted by atomic mass is 32.2. The molecule has 3 rings (SSSR count). The summed E-state index contributed by atoms with van der Waals surface area (Å²) in [5, 5.41) is 3.68. The van der Waals surface area contributed by atoms with Crippen LogP contribution in [0.4, 0.5) is 0 Å². The van der Waals surface area contributed by atoms with E-state index in [1.807, 2.05) is 51.3 Å². The number of carbonyl (C=O) groups excluding carboxylic acids is 1. The van der Waals surface area contributed by atoms with Crippen molar-refractivity contribution in [2.75, 3.05) is 6.26 Å². The number of thioether (sulfide) groups is 1. The van der Waals surface area contributed by atoms with Crippen LogP contribution in [0.3, 0.4) is 0 Å². The molecule has 0 aliphatic heterocycles. The van der Waals surface area contributed by atoms with E-state index in [0.29, 0.717) is 27.9 Å². The van der Waals surface area contributed by atoms with Crippen LogP contribution >= 0.6 is 11.8 Å². The molecule has 5 nitrogen and oxygen atoms in total. The van der Waals surface area contributed by atoms with E-state index in [1.165, 1.54) is 17.3 Å². The molecule has 1 N–H and O–H groups in total. The van der Waals surface area contributed by atoms with Crippen LogP contribution in [-0.2, 0) is 0 Å². The lowest BCUT2D eigenvalue weighted by Gasteiger charge is -2.17. The van der Waals surface area contributed by atoms with E-state index in [1.54, 1.807) is 18.4 Å². The molecule has 0 radical (unpaired) electrons. The number of hydrogen-bond acceptors (Lipinski definition) is 5. The summed E-state index contributed by atoms with van der Waals surface area (Å²) in [6.07, 6.45) is 3.48. The molecule has 0 saturated heterocycles. The highest BCUT2D eigenvalue weighted by Gasteiger charge is 2.21. The molecule has 134 valence electrons. The van der Waals surface area contributed by atoms with Gasteiger partial charge in [-0.1, -0.05) is 29.8 Å². The molecule has 1 unspecified atom stereocenters. The molecule has 0 bridgehead atoms. The largest absolute Gasteiger partial charge is 0.461 e. The molecule has 0 spiro atoms. The van der Waals surface area contributed by atoms with Gasteiger partial charge >= 0.3 is 0 Å². The predicted molar refractivity (Wildman–Crippen MR) is 103 cm³/mol. The van der Waals surface area contributed by atoms with Crippen LogP contribution in [0, 0.1) is 13.8 Å². The summed E-state index contributed by atoms with van der Waals surface area (Å²) < 4.78 is 5.37. The summed E-state index contributed by atoms with van der Waals surface area (Å²) >= 11 is 1.42. The number of carbonyl (C=O) groups is 1. The number of hydrogen-bond donors (Lipinski definition) is 1. The first-order valence-electron chi connectivity index (χ1n) is 8.33. The molecule has 3 aromatic rings. The molecule has 2 aromatic heterocycles. The predicted octanol–water partition coefficient (Wildman–Crippen LogP) is 4.57. The number of nitrogens with one attached hydrogen (secondary N) is 1. The van der Waals surface area contributed by atoms with Crippen LogP contribution in [-0.4, -0.2) is 22.1 Å². The van der Waals surface area contributed by atoms with Gasteiger partial charge in [-0.2, -0.15) is 0 Å². The number of nitrogens with zero attached hydrogens (tertiary/aromatic N) is 2. The van der Waals surface area contributed by atoms with Gasteiger partial charge in [-0.3, -0.25) is 4.79 Å². The van der Waals surface area contributed by atoms with E-state index in [4.69, 9.17) is 4.42 Å². The van der Waals surface area contributed by atoms with Crippen molar-refractivity contribution in [1.82, 2.24) is 15.3 Å². The number of amides is 1. The van der Waals surface area contributed by atoms with E-state index < -0.39 is 0 Å². The summed E-state index contributed by atoms with van der Waals surface area (Å²) in [7, 11) is 0. The molecule has 0 fully saturated rings. The molecule has 6 heteroatoms. The minimum atomic E-state index is -0.175. The first kappa shape index (κ1) is 18.2. The molecule has 0 aliphatic carbocycles. The summed E-state index contributed by atoms with van der Waals surface area (Å²) in [5.74, 6) is 0.897. The molecule has 0 saturated carbocycles. The van der Waals surface area contributed by atoms with Crippen LogP contribution in [0.1, 0.15) is 40.1 Å². The Morgan fingerprint density at radius 3 is 2.50 bits per heavy atom. The van der Waals surface area contributed by atoms with Crippen LogP contribution in [0.5, 0.6) is 0 Å². The zero-order valence-electron chi connectivity index (χ0n) is 15.2. The molecule has 1 aromatic carbocycles. The Balaban J connectivity index is 1.87. The average Bonchev–Trinajstić information content (AvgIpc) is 3.16. The van der Waals surface area contributed by atoms with Gasteiger partial charge in [-0.25, -0.2) is 9.97 Å². The highest BCUT2D eigenvalue weighted by molar-refractivity contribution is 7.98. The number of furan rings is 1. The first-order chi connectivity index (χ1) is 12.5. The normalized spacial score (nSPS) is 12.0. The van der Waals surface area contributed by atoms with Crippen molar-refractivity contribution in [1.29, 1.82) is 0 Å². The van der Waals surface area contributed by atoms with Crippen LogP contribution in [0.25, 0.3) is 11.6 Å². The fraction of sp³-hybridized carbons (Fsp3) is 0.250. The van der Waals surface area contributed by atoms with Crippen molar-refractivity contribution >= 4 is 17.7 Å². The monoisotopic (exact) mass is 367 g/mol. The van der Waals surface area contributed by atoms with Gasteiger partial charge in [0.1, 0.15) is 5.03 Å². The Kier molecular flexibility index (Phi) is 5.42. The lowest BCUT2D eigenvalue weighted by molar-refractivity contribution is 0.0935. The third kappa shape index (κ3) is 3.80. The molecule has 26 heavy (non-hydrogen) atoms. The van der Waals surface area contributed by atoms with E-state index in [9.17, 15) is 4.79 Å². The fourth-order valence-corrected chi connectivity index (χ4v) is 3.30. The van der Waals surface area contributed by atoms with Crippen molar-refractivity contribution in [2.24, 2.45) is 0 Å². The quantitative estimate of drug-likeness (QED) is 0.529. The van der Waals surface area contributed by atoms with Crippen molar-refractivity contribution in [3.05, 3.63) is 65.0 Å². The second-order valence-corrected chi connectivity index (χ2v) is 6.89. The van der Waals surface area contributed by atoms with Crippen molar-refractivity contribution in [2.45, 2.75) is 31.8 Å². The zero-order valence-corrected chi connectivity index (χ0v) is 16.1. The average molecular weight is 367 g/mol. The first-order valence-corrected chi connectivity index (χ1v) is 9.56. The van der Waals surface area contributed by atoms with E-state index in [0.717, 1.165) is 5.56 Å². The third-order valence-electron chi connectivity index (χ3n) is 4.14. The van der Waals surface area contributed by atoms with Crippen molar-refractivity contribution in [3.8, 4) is 11.6 Å². The summed E-state index contributed by atoms with van der Waals surface area (Å²) in [6, 6.07) is 11.6. The third-order valence-corrected chi connectivity index (χ3v) is 4.83.